The minimum atomic E-state index is -0.560. The first kappa shape index (κ1) is 19.5. The van der Waals surface area contributed by atoms with Crippen LogP contribution in [0.1, 0.15) is 50.6 Å². The fourth-order valence-electron chi connectivity index (χ4n) is 3.00. The van der Waals surface area contributed by atoms with Gasteiger partial charge in [-0.3, -0.25) is 0 Å². The van der Waals surface area contributed by atoms with Crippen LogP contribution in [0.3, 0.4) is 0 Å². The first-order valence-electron chi connectivity index (χ1n) is 9.04. The van der Waals surface area contributed by atoms with Crippen LogP contribution >= 0.6 is 0 Å². The maximum Gasteiger partial charge on any atom is 0.162 e. The first-order chi connectivity index (χ1) is 13.2. The van der Waals surface area contributed by atoms with E-state index in [9.17, 15) is 5.26 Å². The highest BCUT2D eigenvalue weighted by molar-refractivity contribution is 5.95. The zero-order valence-electron chi connectivity index (χ0n) is 16.7. The Hall–Kier alpha value is -3.31. The molecule has 3 heterocycles. The van der Waals surface area contributed by atoms with Crippen LogP contribution in [-0.4, -0.2) is 27.0 Å². The third kappa shape index (κ3) is 3.70. The quantitative estimate of drug-likeness (QED) is 0.618. The highest BCUT2D eigenvalue weighted by Crippen LogP contribution is 2.31. The molecule has 0 aromatic carbocycles. The second-order valence-electron chi connectivity index (χ2n) is 7.49. The molecule has 0 aliphatic rings. The molecule has 0 saturated carbocycles. The van der Waals surface area contributed by atoms with E-state index in [2.05, 4.69) is 36.6 Å². The number of hydrogen-bond acceptors (Lipinski definition) is 8. The van der Waals surface area contributed by atoms with Crippen molar-refractivity contribution in [2.24, 2.45) is 5.73 Å². The average molecular weight is 376 g/mol. The summed E-state index contributed by atoms with van der Waals surface area (Å²) in [7, 11) is 1.82. The Morgan fingerprint density at radius 1 is 1.07 bits per heavy atom. The van der Waals surface area contributed by atoms with Crippen LogP contribution in [0.15, 0.2) is 24.7 Å². The number of nitriles is 1. The summed E-state index contributed by atoms with van der Waals surface area (Å²) in [6.45, 7) is 7.84. The van der Waals surface area contributed by atoms with E-state index >= 15 is 0 Å². The number of rotatable bonds is 5. The summed E-state index contributed by atoms with van der Waals surface area (Å²) >= 11 is 0. The monoisotopic (exact) mass is 376 g/mol. The number of nitrogens with one attached hydrogen (secondary N) is 2. The molecule has 0 atom stereocenters. The van der Waals surface area contributed by atoms with Gasteiger partial charge < -0.3 is 16.4 Å². The number of fused-ring (bicyclic) bond motifs is 1. The van der Waals surface area contributed by atoms with Crippen molar-refractivity contribution in [2.45, 2.75) is 39.2 Å². The number of pyridine rings is 2. The lowest BCUT2D eigenvalue weighted by Crippen LogP contribution is -2.29. The summed E-state index contributed by atoms with van der Waals surface area (Å²) in [6, 6.07) is 4.01. The van der Waals surface area contributed by atoms with Crippen molar-refractivity contribution in [3.05, 3.63) is 41.6 Å². The second-order valence-corrected chi connectivity index (χ2v) is 7.49. The fourth-order valence-corrected chi connectivity index (χ4v) is 3.00. The van der Waals surface area contributed by atoms with Gasteiger partial charge in [0.05, 0.1) is 11.9 Å². The Labute approximate surface area is 164 Å². The number of hydrogen-bond donors (Lipinski definition) is 3. The van der Waals surface area contributed by atoms with Gasteiger partial charge in [-0.05, 0) is 36.8 Å². The van der Waals surface area contributed by atoms with E-state index in [4.69, 9.17) is 5.73 Å². The van der Waals surface area contributed by atoms with Gasteiger partial charge in [0.15, 0.2) is 5.69 Å². The summed E-state index contributed by atoms with van der Waals surface area (Å²) in [6.07, 6.45) is 5.08. The van der Waals surface area contributed by atoms with E-state index < -0.39 is 5.54 Å². The minimum Gasteiger partial charge on any atom is -0.373 e. The number of anilines is 3. The zero-order chi connectivity index (χ0) is 20.5. The molecule has 3 aromatic heterocycles. The molecule has 8 heteroatoms. The lowest BCUT2D eigenvalue weighted by molar-refractivity contribution is 0.557. The highest BCUT2D eigenvalue weighted by Gasteiger charge is 2.20. The SMILES string of the molecule is CNc1ncc(C(C)(C)N)c2cc(Nc3cnc(C#N)c(C(C)C)n3)ncc12. The summed E-state index contributed by atoms with van der Waals surface area (Å²) in [5.74, 6) is 1.97. The third-order valence-corrected chi connectivity index (χ3v) is 4.41. The van der Waals surface area contributed by atoms with Gasteiger partial charge in [0, 0.05) is 30.4 Å². The van der Waals surface area contributed by atoms with Crippen LogP contribution in [0.2, 0.25) is 0 Å². The maximum absolute atomic E-state index is 9.21. The molecule has 144 valence electrons. The molecule has 0 aliphatic heterocycles. The summed E-state index contributed by atoms with van der Waals surface area (Å²) in [5, 5.41) is 17.3. The van der Waals surface area contributed by atoms with Crippen molar-refractivity contribution in [1.82, 2.24) is 19.9 Å². The van der Waals surface area contributed by atoms with Crippen molar-refractivity contribution < 1.29 is 0 Å². The van der Waals surface area contributed by atoms with Gasteiger partial charge in [0.2, 0.25) is 0 Å². The lowest BCUT2D eigenvalue weighted by atomic mass is 9.93. The maximum atomic E-state index is 9.21. The Morgan fingerprint density at radius 3 is 2.43 bits per heavy atom. The van der Waals surface area contributed by atoms with Crippen molar-refractivity contribution in [3.63, 3.8) is 0 Å². The number of nitrogens with zero attached hydrogens (tertiary/aromatic N) is 5. The van der Waals surface area contributed by atoms with Crippen LogP contribution < -0.4 is 16.4 Å². The summed E-state index contributed by atoms with van der Waals surface area (Å²) < 4.78 is 0. The minimum absolute atomic E-state index is 0.0855. The fraction of sp³-hybridized carbons (Fsp3) is 0.350. The molecule has 0 bridgehead atoms. The topological polar surface area (TPSA) is 125 Å². The van der Waals surface area contributed by atoms with Crippen molar-refractivity contribution in [1.29, 1.82) is 5.26 Å². The predicted octanol–water partition coefficient (Wildman–Crippen LogP) is 3.39. The van der Waals surface area contributed by atoms with Crippen molar-refractivity contribution in [3.8, 4) is 6.07 Å². The largest absolute Gasteiger partial charge is 0.373 e. The molecule has 4 N–H and O–H groups in total. The van der Waals surface area contributed by atoms with E-state index in [1.54, 1.807) is 12.4 Å². The Kier molecular flexibility index (Phi) is 5.12. The molecule has 3 rings (SSSR count). The Balaban J connectivity index is 2.08. The van der Waals surface area contributed by atoms with E-state index in [-0.39, 0.29) is 5.92 Å². The molecular weight excluding hydrogens is 352 g/mol. The zero-order valence-corrected chi connectivity index (χ0v) is 16.7. The summed E-state index contributed by atoms with van der Waals surface area (Å²) in [4.78, 5) is 17.7. The van der Waals surface area contributed by atoms with E-state index in [0.717, 1.165) is 22.2 Å². The predicted molar refractivity (Wildman–Crippen MR) is 110 cm³/mol. The molecule has 0 amide bonds. The molecule has 0 radical (unpaired) electrons. The van der Waals surface area contributed by atoms with Gasteiger partial charge in [-0.2, -0.15) is 5.26 Å². The molecule has 0 unspecified atom stereocenters. The molecule has 28 heavy (non-hydrogen) atoms. The second kappa shape index (κ2) is 7.37. The van der Waals surface area contributed by atoms with Crippen LogP contribution in [-0.2, 0) is 5.54 Å². The molecule has 0 spiro atoms. The first-order valence-corrected chi connectivity index (χ1v) is 9.04. The normalized spacial score (nSPS) is 11.5. The van der Waals surface area contributed by atoms with E-state index in [1.165, 1.54) is 6.20 Å². The number of nitrogens with two attached hydrogens (primary N) is 1. The summed E-state index contributed by atoms with van der Waals surface area (Å²) in [5.41, 5.74) is 7.69. The molecule has 0 aliphatic carbocycles. The van der Waals surface area contributed by atoms with Crippen molar-refractivity contribution in [2.75, 3.05) is 17.7 Å². The van der Waals surface area contributed by atoms with E-state index in [0.29, 0.717) is 23.0 Å². The van der Waals surface area contributed by atoms with E-state index in [1.807, 2.05) is 40.8 Å². The van der Waals surface area contributed by atoms with Gasteiger partial charge in [-0.25, -0.2) is 19.9 Å². The lowest BCUT2D eigenvalue weighted by Gasteiger charge is -2.22. The smallest absolute Gasteiger partial charge is 0.162 e. The molecule has 0 fully saturated rings. The van der Waals surface area contributed by atoms with Gasteiger partial charge in [0.25, 0.3) is 0 Å². The van der Waals surface area contributed by atoms with Gasteiger partial charge in [-0.1, -0.05) is 13.8 Å². The third-order valence-electron chi connectivity index (χ3n) is 4.41. The van der Waals surface area contributed by atoms with Crippen LogP contribution in [0.4, 0.5) is 17.5 Å². The number of aromatic nitrogens is 4. The Morgan fingerprint density at radius 2 is 1.82 bits per heavy atom. The van der Waals surface area contributed by atoms with Gasteiger partial charge in [-0.15, -0.1) is 0 Å². The standard InChI is InChI=1S/C20H24N8/c1-11(2)18-15(7-21)24-10-17(28-18)27-16-6-12-13(8-25-16)19(23-5)26-9-14(12)20(3,4)22/h6,8-11H,22H2,1-5H3,(H,23,26)(H,25,27,28). The van der Waals surface area contributed by atoms with Crippen LogP contribution in [0.5, 0.6) is 0 Å². The van der Waals surface area contributed by atoms with Gasteiger partial charge >= 0.3 is 0 Å². The molecule has 8 nitrogen and oxygen atoms in total. The Bertz CT molecular complexity index is 1060. The molecular formula is C20H24N8. The van der Waals surface area contributed by atoms with Gasteiger partial charge in [0.1, 0.15) is 23.5 Å². The highest BCUT2D eigenvalue weighted by atomic mass is 15.1. The van der Waals surface area contributed by atoms with Crippen LogP contribution in [0, 0.1) is 11.3 Å². The molecule has 3 aromatic rings. The molecule has 0 saturated heterocycles. The van der Waals surface area contributed by atoms with Crippen molar-refractivity contribution >= 4 is 28.2 Å². The van der Waals surface area contributed by atoms with Crippen LogP contribution in [0.25, 0.3) is 10.8 Å². The average Bonchev–Trinajstić information content (AvgIpc) is 2.66.